The van der Waals surface area contributed by atoms with Crippen LogP contribution in [0, 0.1) is 0 Å². The molecule has 80 valence electrons. The monoisotopic (exact) mass is 222 g/mol. The highest BCUT2D eigenvalue weighted by Gasteiger charge is 2.36. The third kappa shape index (κ3) is 7.39. The lowest BCUT2D eigenvalue weighted by Gasteiger charge is -2.30. The fourth-order valence-corrected chi connectivity index (χ4v) is 6.70. The van der Waals surface area contributed by atoms with E-state index in [-0.39, 0.29) is 6.10 Å². The van der Waals surface area contributed by atoms with Crippen LogP contribution in [0.2, 0.25) is 26.2 Å². The van der Waals surface area contributed by atoms with Gasteiger partial charge in [0.25, 0.3) is 0 Å². The first-order valence-corrected chi connectivity index (χ1v) is 10.4. The van der Waals surface area contributed by atoms with E-state index in [1.165, 1.54) is 0 Å². The van der Waals surface area contributed by atoms with E-state index < -0.39 is 17.1 Å². The van der Waals surface area contributed by atoms with Gasteiger partial charge in [-0.1, -0.05) is 6.92 Å². The molecule has 0 aliphatic rings. The summed E-state index contributed by atoms with van der Waals surface area (Å²) in [6.07, 6.45) is 0.982. The lowest BCUT2D eigenvalue weighted by Crippen LogP contribution is -2.49. The van der Waals surface area contributed by atoms with E-state index in [0.717, 1.165) is 6.42 Å². The van der Waals surface area contributed by atoms with Crippen LogP contribution in [0.25, 0.3) is 0 Å². The average Bonchev–Trinajstić information content (AvgIpc) is 1.80. The number of hydrogen-bond donors (Lipinski definition) is 1. The van der Waals surface area contributed by atoms with Crippen molar-refractivity contribution in [2.24, 2.45) is 0 Å². The Hall–Kier alpha value is 0.314. The van der Waals surface area contributed by atoms with Crippen molar-refractivity contribution in [2.75, 3.05) is 0 Å². The molecule has 0 spiro atoms. The molecule has 0 saturated heterocycles. The van der Waals surface area contributed by atoms with Gasteiger partial charge in [0.1, 0.15) is 0 Å². The highest BCUT2D eigenvalue weighted by Crippen LogP contribution is 2.15. The minimum atomic E-state index is -2.86. The molecule has 0 aromatic heterocycles. The van der Waals surface area contributed by atoms with E-state index in [1.807, 2.05) is 13.8 Å². The minimum absolute atomic E-state index is 0.0815. The Kier molecular flexibility index (Phi) is 4.81. The van der Waals surface area contributed by atoms with Crippen molar-refractivity contribution in [3.63, 3.8) is 0 Å². The van der Waals surface area contributed by atoms with Crippen LogP contribution in [0.15, 0.2) is 0 Å². The van der Waals surface area contributed by atoms with Crippen molar-refractivity contribution >= 4 is 17.1 Å². The topological polar surface area (TPSA) is 38.7 Å². The molecule has 0 saturated carbocycles. The Morgan fingerprint density at radius 3 is 2.00 bits per heavy atom. The molecule has 0 fully saturated rings. The summed E-state index contributed by atoms with van der Waals surface area (Å²) in [5.74, 6) is 0. The molecule has 0 rings (SSSR count). The van der Waals surface area contributed by atoms with Gasteiger partial charge in [-0.25, -0.2) is 0 Å². The molecule has 0 amide bonds. The van der Waals surface area contributed by atoms with E-state index >= 15 is 0 Å². The van der Waals surface area contributed by atoms with Crippen molar-refractivity contribution in [2.45, 2.75) is 52.6 Å². The van der Waals surface area contributed by atoms with Crippen LogP contribution >= 0.6 is 0 Å². The molecular formula is C8H22O3Si2. The van der Waals surface area contributed by atoms with Crippen molar-refractivity contribution in [1.82, 2.24) is 0 Å². The fraction of sp³-hybridized carbons (Fsp3) is 1.00. The van der Waals surface area contributed by atoms with Crippen LogP contribution < -0.4 is 0 Å². The molecule has 0 aromatic carbocycles. The molecule has 3 nitrogen and oxygen atoms in total. The summed E-state index contributed by atoms with van der Waals surface area (Å²) in [4.78, 5) is 9.88. The first kappa shape index (κ1) is 13.3. The molecule has 0 aliphatic carbocycles. The minimum Gasteiger partial charge on any atom is -0.416 e. The van der Waals surface area contributed by atoms with Gasteiger partial charge in [0.05, 0.1) is 0 Å². The van der Waals surface area contributed by atoms with E-state index in [0.29, 0.717) is 0 Å². The van der Waals surface area contributed by atoms with Crippen LogP contribution in [0.5, 0.6) is 0 Å². The Morgan fingerprint density at radius 1 is 1.23 bits per heavy atom. The van der Waals surface area contributed by atoms with Crippen molar-refractivity contribution in [3.05, 3.63) is 0 Å². The summed E-state index contributed by atoms with van der Waals surface area (Å²) in [5.41, 5.74) is 0. The van der Waals surface area contributed by atoms with Crippen molar-refractivity contribution in [1.29, 1.82) is 0 Å². The molecule has 1 N–H and O–H groups in total. The highest BCUT2D eigenvalue weighted by molar-refractivity contribution is 6.79. The molecule has 0 heterocycles. The third-order valence-corrected chi connectivity index (χ3v) is 6.29. The summed E-state index contributed by atoms with van der Waals surface area (Å²) in [6, 6.07) is 0. The molecule has 5 heteroatoms. The fourth-order valence-electron chi connectivity index (χ4n) is 1.05. The zero-order valence-electron chi connectivity index (χ0n) is 9.55. The lowest BCUT2D eigenvalue weighted by molar-refractivity contribution is 0.107. The highest BCUT2D eigenvalue weighted by atomic mass is 28.5. The molecule has 2 atom stereocenters. The van der Waals surface area contributed by atoms with Gasteiger partial charge in [-0.3, -0.25) is 0 Å². The van der Waals surface area contributed by atoms with Gasteiger partial charge < -0.3 is 13.3 Å². The van der Waals surface area contributed by atoms with Gasteiger partial charge in [-0.05, 0) is 33.0 Å². The van der Waals surface area contributed by atoms with Crippen LogP contribution in [-0.4, -0.2) is 28.0 Å². The third-order valence-electron chi connectivity index (χ3n) is 1.49. The van der Waals surface area contributed by atoms with Crippen molar-refractivity contribution in [3.8, 4) is 0 Å². The summed E-state index contributed by atoms with van der Waals surface area (Å²) >= 11 is 0. The molecular weight excluding hydrogens is 200 g/mol. The Morgan fingerprint density at radius 2 is 1.69 bits per heavy atom. The summed E-state index contributed by atoms with van der Waals surface area (Å²) < 4.78 is 11.1. The second kappa shape index (κ2) is 4.70. The molecule has 0 bridgehead atoms. The number of rotatable bonds is 5. The predicted molar refractivity (Wildman–Crippen MR) is 59.1 cm³/mol. The van der Waals surface area contributed by atoms with E-state index in [4.69, 9.17) is 8.54 Å². The number of hydrogen-bond acceptors (Lipinski definition) is 3. The van der Waals surface area contributed by atoms with E-state index in [9.17, 15) is 4.80 Å². The van der Waals surface area contributed by atoms with Gasteiger partial charge in [0, 0.05) is 12.7 Å². The first-order chi connectivity index (χ1) is 5.66. The zero-order chi connectivity index (χ0) is 10.7. The van der Waals surface area contributed by atoms with Gasteiger partial charge >= 0.3 is 8.80 Å². The first-order valence-electron chi connectivity index (χ1n) is 4.76. The average molecular weight is 222 g/mol. The maximum absolute atomic E-state index is 9.88. The molecule has 2 unspecified atom stereocenters. The van der Waals surface area contributed by atoms with Gasteiger partial charge in [0.15, 0.2) is 8.32 Å². The van der Waals surface area contributed by atoms with E-state index in [1.54, 1.807) is 6.55 Å². The van der Waals surface area contributed by atoms with Crippen LogP contribution in [0.3, 0.4) is 0 Å². The predicted octanol–water partition coefficient (Wildman–Crippen LogP) is 2.21. The summed E-state index contributed by atoms with van der Waals surface area (Å²) in [5, 5.41) is 0. The smallest absolute Gasteiger partial charge is 0.416 e. The van der Waals surface area contributed by atoms with Gasteiger partial charge in [0.2, 0.25) is 0 Å². The van der Waals surface area contributed by atoms with Gasteiger partial charge in [-0.15, -0.1) is 0 Å². The van der Waals surface area contributed by atoms with E-state index in [2.05, 4.69) is 19.6 Å². The SMILES string of the molecule is CCC(C)O[Si](C)(O)O[Si](C)(C)C. The summed E-state index contributed by atoms with van der Waals surface area (Å²) in [6.45, 7) is 11.8. The van der Waals surface area contributed by atoms with Crippen LogP contribution in [0.4, 0.5) is 0 Å². The lowest BCUT2D eigenvalue weighted by atomic mass is 10.3. The summed E-state index contributed by atoms with van der Waals surface area (Å²) in [7, 11) is -4.55. The Bertz CT molecular complexity index is 154. The molecule has 0 aromatic rings. The van der Waals surface area contributed by atoms with Crippen LogP contribution in [-0.2, 0) is 8.54 Å². The molecule has 0 aliphatic heterocycles. The molecule has 13 heavy (non-hydrogen) atoms. The second-order valence-electron chi connectivity index (χ2n) is 4.45. The maximum atomic E-state index is 9.88. The Balaban J connectivity index is 4.08. The quantitative estimate of drug-likeness (QED) is 0.725. The standard InChI is InChI=1S/C8H22O3Si2/c1-7-8(2)10-13(6,9)11-12(3,4)5/h8-9H,7H2,1-6H3. The van der Waals surface area contributed by atoms with Crippen molar-refractivity contribution < 1.29 is 13.3 Å². The van der Waals surface area contributed by atoms with Crippen LogP contribution in [0.1, 0.15) is 20.3 Å². The van der Waals surface area contributed by atoms with Gasteiger partial charge in [-0.2, -0.15) is 0 Å². The largest absolute Gasteiger partial charge is 0.484 e. The zero-order valence-corrected chi connectivity index (χ0v) is 11.5. The Labute approximate surface area is 83.6 Å². The maximum Gasteiger partial charge on any atom is 0.484 e. The normalized spacial score (nSPS) is 19.6. The second-order valence-corrected chi connectivity index (χ2v) is 11.5. The molecule has 0 radical (unpaired) electrons.